The average Bonchev–Trinajstić information content (AvgIpc) is 2.43. The number of nitrogens with zero attached hydrogens (tertiary/aromatic N) is 2. The smallest absolute Gasteiger partial charge is 0.170 e. The van der Waals surface area contributed by atoms with E-state index >= 15 is 0 Å². The maximum absolute atomic E-state index is 10.6. The third kappa shape index (κ3) is 2.90. The summed E-state index contributed by atoms with van der Waals surface area (Å²) in [6, 6.07) is 7.04. The van der Waals surface area contributed by atoms with E-state index in [-0.39, 0.29) is 0 Å². The van der Waals surface area contributed by atoms with Gasteiger partial charge in [0.15, 0.2) is 6.29 Å². The molecule has 0 N–H and O–H groups in total. The Morgan fingerprint density at radius 2 is 2.11 bits per heavy atom. The first-order chi connectivity index (χ1) is 9.15. The maximum Gasteiger partial charge on any atom is 0.170 e. The zero-order valence-electron chi connectivity index (χ0n) is 10.7. The van der Waals surface area contributed by atoms with Gasteiger partial charge in [0.05, 0.1) is 17.3 Å². The van der Waals surface area contributed by atoms with Crippen molar-refractivity contribution in [3.63, 3.8) is 0 Å². The number of aryl methyl sites for hydroxylation is 1. The summed E-state index contributed by atoms with van der Waals surface area (Å²) in [4.78, 5) is 10.6. The highest BCUT2D eigenvalue weighted by atomic mass is 35.5. The van der Waals surface area contributed by atoms with Gasteiger partial charge in [0, 0.05) is 5.56 Å². The molecule has 0 bridgehead atoms. The highest BCUT2D eigenvalue weighted by molar-refractivity contribution is 6.32. The van der Waals surface area contributed by atoms with Crippen molar-refractivity contribution in [2.45, 2.75) is 13.8 Å². The minimum atomic E-state index is 0.304. The lowest BCUT2D eigenvalue weighted by molar-refractivity contribution is 0.111. The number of carbonyl (C=O) groups excluding carboxylic acids is 1. The van der Waals surface area contributed by atoms with Gasteiger partial charge in [-0.3, -0.25) is 4.79 Å². The highest BCUT2D eigenvalue weighted by Crippen LogP contribution is 2.32. The summed E-state index contributed by atoms with van der Waals surface area (Å²) in [5.41, 5.74) is 2.84. The first-order valence-corrected chi connectivity index (χ1v) is 6.25. The molecule has 0 unspecified atom stereocenters. The summed E-state index contributed by atoms with van der Waals surface area (Å²) >= 11 is 6.16. The Balaban J connectivity index is 2.44. The Hall–Kier alpha value is -1.94. The summed E-state index contributed by atoms with van der Waals surface area (Å²) < 4.78 is 5.43. The number of hydrogen-bond acceptors (Lipinski definition) is 4. The minimum absolute atomic E-state index is 0.304. The lowest BCUT2D eigenvalue weighted by atomic mass is 10.0. The Morgan fingerprint density at radius 3 is 2.68 bits per heavy atom. The molecule has 2 aromatic rings. The first kappa shape index (κ1) is 13.5. The van der Waals surface area contributed by atoms with Gasteiger partial charge in [0.1, 0.15) is 11.4 Å². The predicted molar refractivity (Wildman–Crippen MR) is 73.8 cm³/mol. The van der Waals surface area contributed by atoms with Crippen molar-refractivity contribution in [3.05, 3.63) is 40.5 Å². The Labute approximate surface area is 116 Å². The number of aromatic nitrogens is 2. The Kier molecular flexibility index (Phi) is 4.12. The van der Waals surface area contributed by atoms with E-state index in [1.165, 1.54) is 0 Å². The molecule has 98 valence electrons. The SMILES string of the molecule is CCOc1cc(C)c(-c2ccc(C=O)nn2)cc1Cl. The van der Waals surface area contributed by atoms with E-state index in [1.807, 2.05) is 19.9 Å². The van der Waals surface area contributed by atoms with E-state index in [1.54, 1.807) is 18.2 Å². The largest absolute Gasteiger partial charge is 0.492 e. The molecule has 0 saturated carbocycles. The predicted octanol–water partition coefficient (Wildman–Crippen LogP) is 3.32. The van der Waals surface area contributed by atoms with Gasteiger partial charge in [-0.15, -0.1) is 10.2 Å². The quantitative estimate of drug-likeness (QED) is 0.804. The molecule has 4 nitrogen and oxygen atoms in total. The van der Waals surface area contributed by atoms with Crippen LogP contribution in [-0.4, -0.2) is 23.1 Å². The molecular weight excluding hydrogens is 264 g/mol. The van der Waals surface area contributed by atoms with Crippen LogP contribution < -0.4 is 4.74 Å². The molecule has 2 rings (SSSR count). The van der Waals surface area contributed by atoms with Crippen LogP contribution in [0.1, 0.15) is 23.0 Å². The van der Waals surface area contributed by atoms with Gasteiger partial charge in [0.2, 0.25) is 0 Å². The van der Waals surface area contributed by atoms with Crippen molar-refractivity contribution in [2.75, 3.05) is 6.61 Å². The topological polar surface area (TPSA) is 52.1 Å². The molecule has 0 aliphatic heterocycles. The van der Waals surface area contributed by atoms with Gasteiger partial charge < -0.3 is 4.74 Å². The van der Waals surface area contributed by atoms with Crippen molar-refractivity contribution in [3.8, 4) is 17.0 Å². The number of aldehydes is 1. The maximum atomic E-state index is 10.6. The molecule has 19 heavy (non-hydrogen) atoms. The second-order valence-corrected chi connectivity index (χ2v) is 4.40. The Morgan fingerprint density at radius 1 is 1.32 bits per heavy atom. The van der Waals surface area contributed by atoms with Crippen molar-refractivity contribution < 1.29 is 9.53 Å². The molecular formula is C14H13ClN2O2. The van der Waals surface area contributed by atoms with Crippen LogP contribution in [0.25, 0.3) is 11.3 Å². The molecule has 0 saturated heterocycles. The van der Waals surface area contributed by atoms with E-state index in [0.29, 0.717) is 35.1 Å². The van der Waals surface area contributed by atoms with E-state index in [2.05, 4.69) is 10.2 Å². The molecule has 1 heterocycles. The molecule has 0 aliphatic rings. The third-order valence-corrected chi connectivity index (χ3v) is 2.96. The fourth-order valence-electron chi connectivity index (χ4n) is 1.75. The van der Waals surface area contributed by atoms with E-state index in [4.69, 9.17) is 16.3 Å². The average molecular weight is 277 g/mol. The van der Waals surface area contributed by atoms with Crippen LogP contribution in [0.15, 0.2) is 24.3 Å². The molecule has 0 spiro atoms. The van der Waals surface area contributed by atoms with Crippen LogP contribution in [0.3, 0.4) is 0 Å². The van der Waals surface area contributed by atoms with Crippen LogP contribution in [0.2, 0.25) is 5.02 Å². The summed E-state index contributed by atoms with van der Waals surface area (Å²) in [6.45, 7) is 4.42. The summed E-state index contributed by atoms with van der Waals surface area (Å²) in [5.74, 6) is 0.655. The molecule has 0 aliphatic carbocycles. The van der Waals surface area contributed by atoms with Crippen LogP contribution in [0.4, 0.5) is 0 Å². The van der Waals surface area contributed by atoms with E-state index < -0.39 is 0 Å². The number of halogens is 1. The van der Waals surface area contributed by atoms with Crippen LogP contribution in [0.5, 0.6) is 5.75 Å². The van der Waals surface area contributed by atoms with Crippen LogP contribution in [0, 0.1) is 6.92 Å². The number of benzene rings is 1. The van der Waals surface area contributed by atoms with Crippen molar-refractivity contribution in [2.24, 2.45) is 0 Å². The monoisotopic (exact) mass is 276 g/mol. The molecule has 1 aromatic carbocycles. The fraction of sp³-hybridized carbons (Fsp3) is 0.214. The number of ether oxygens (including phenoxy) is 1. The van der Waals surface area contributed by atoms with Gasteiger partial charge in [-0.05, 0) is 43.7 Å². The first-order valence-electron chi connectivity index (χ1n) is 5.88. The second kappa shape index (κ2) is 5.80. The van der Waals surface area contributed by atoms with E-state index in [0.717, 1.165) is 11.1 Å². The molecule has 1 aromatic heterocycles. The normalized spacial score (nSPS) is 10.3. The zero-order valence-corrected chi connectivity index (χ0v) is 11.4. The zero-order chi connectivity index (χ0) is 13.8. The molecule has 5 heteroatoms. The summed E-state index contributed by atoms with van der Waals surface area (Å²) in [6.07, 6.45) is 0.662. The summed E-state index contributed by atoms with van der Waals surface area (Å²) in [7, 11) is 0. The highest BCUT2D eigenvalue weighted by Gasteiger charge is 2.10. The van der Waals surface area contributed by atoms with Crippen molar-refractivity contribution in [1.82, 2.24) is 10.2 Å². The van der Waals surface area contributed by atoms with Gasteiger partial charge in [0.25, 0.3) is 0 Å². The number of rotatable bonds is 4. The molecule has 0 radical (unpaired) electrons. The molecule has 0 amide bonds. The number of hydrogen-bond donors (Lipinski definition) is 0. The van der Waals surface area contributed by atoms with Crippen LogP contribution in [-0.2, 0) is 0 Å². The van der Waals surface area contributed by atoms with Gasteiger partial charge >= 0.3 is 0 Å². The van der Waals surface area contributed by atoms with Gasteiger partial charge in [-0.1, -0.05) is 11.6 Å². The van der Waals surface area contributed by atoms with Gasteiger partial charge in [-0.25, -0.2) is 0 Å². The minimum Gasteiger partial charge on any atom is -0.492 e. The molecule has 0 atom stereocenters. The van der Waals surface area contributed by atoms with Gasteiger partial charge in [-0.2, -0.15) is 0 Å². The number of carbonyl (C=O) groups is 1. The van der Waals surface area contributed by atoms with Crippen molar-refractivity contribution >= 4 is 17.9 Å². The lowest BCUT2D eigenvalue weighted by Gasteiger charge is -2.10. The fourth-order valence-corrected chi connectivity index (χ4v) is 1.96. The molecule has 0 fully saturated rings. The lowest BCUT2D eigenvalue weighted by Crippen LogP contribution is -1.97. The Bertz CT molecular complexity index is 597. The van der Waals surface area contributed by atoms with Crippen LogP contribution >= 0.6 is 11.6 Å². The summed E-state index contributed by atoms with van der Waals surface area (Å²) in [5, 5.41) is 8.36. The van der Waals surface area contributed by atoms with Crippen molar-refractivity contribution in [1.29, 1.82) is 0 Å². The standard InChI is InChI=1S/C14H13ClN2O2/c1-3-19-14-6-9(2)11(7-12(14)15)13-5-4-10(8-18)16-17-13/h4-8H,3H2,1-2H3. The third-order valence-electron chi connectivity index (χ3n) is 2.66. The second-order valence-electron chi connectivity index (χ2n) is 3.99. The van der Waals surface area contributed by atoms with E-state index in [9.17, 15) is 4.79 Å².